The highest BCUT2D eigenvalue weighted by Crippen LogP contribution is 2.31. The van der Waals surface area contributed by atoms with E-state index < -0.39 is 28.3 Å². The fourth-order valence-electron chi connectivity index (χ4n) is 3.30. The number of carbonyl (C=O) groups is 1. The second kappa shape index (κ2) is 10.7. The van der Waals surface area contributed by atoms with Gasteiger partial charge in [-0.3, -0.25) is 9.10 Å². The summed E-state index contributed by atoms with van der Waals surface area (Å²) in [5, 5.41) is 4.53. The molecule has 176 valence electrons. The lowest BCUT2D eigenvalue weighted by atomic mass is 10.0. The highest BCUT2D eigenvalue weighted by atomic mass is 32.2. The smallest absolute Gasteiger partial charge is 0.274 e. The lowest BCUT2D eigenvalue weighted by Gasteiger charge is -2.25. The van der Waals surface area contributed by atoms with Crippen LogP contribution in [0.15, 0.2) is 64.2 Å². The van der Waals surface area contributed by atoms with Crippen LogP contribution in [0.4, 0.5) is 10.1 Å². The van der Waals surface area contributed by atoms with Crippen LogP contribution >= 0.6 is 11.3 Å². The van der Waals surface area contributed by atoms with Gasteiger partial charge in [0.25, 0.3) is 10.0 Å². The van der Waals surface area contributed by atoms with Gasteiger partial charge in [0, 0.05) is 0 Å². The molecule has 0 radical (unpaired) electrons. The number of amides is 1. The Labute approximate surface area is 196 Å². The lowest BCUT2D eigenvalue weighted by molar-refractivity contribution is -0.120. The number of nitrogens with one attached hydrogen (secondary N) is 1. The van der Waals surface area contributed by atoms with Crippen molar-refractivity contribution in [3.05, 3.63) is 71.4 Å². The van der Waals surface area contributed by atoms with Crippen molar-refractivity contribution in [1.82, 2.24) is 5.32 Å². The molecule has 1 atom stereocenters. The van der Waals surface area contributed by atoms with E-state index in [4.69, 9.17) is 9.47 Å². The molecule has 1 aromatic heterocycles. The van der Waals surface area contributed by atoms with Gasteiger partial charge in [-0.15, -0.1) is 11.3 Å². The topological polar surface area (TPSA) is 84.9 Å². The van der Waals surface area contributed by atoms with Gasteiger partial charge >= 0.3 is 0 Å². The Bertz CT molecular complexity index is 1180. The van der Waals surface area contributed by atoms with E-state index in [1.807, 2.05) is 13.0 Å². The lowest BCUT2D eigenvalue weighted by Crippen LogP contribution is -2.41. The van der Waals surface area contributed by atoms with E-state index in [1.165, 1.54) is 32.4 Å². The normalized spacial score (nSPS) is 12.1. The number of nitrogens with zero attached hydrogens (tertiary/aromatic N) is 1. The first-order chi connectivity index (χ1) is 15.8. The number of sulfonamides is 1. The second-order valence-corrected chi connectivity index (χ2v) is 10.1. The van der Waals surface area contributed by atoms with Crippen LogP contribution < -0.4 is 19.1 Å². The summed E-state index contributed by atoms with van der Waals surface area (Å²) in [6, 6.07) is 13.0. The van der Waals surface area contributed by atoms with Crippen molar-refractivity contribution < 1.29 is 27.1 Å². The molecule has 0 spiro atoms. The summed E-state index contributed by atoms with van der Waals surface area (Å²) in [5.41, 5.74) is 0.983. The van der Waals surface area contributed by atoms with Crippen LogP contribution in [-0.2, 0) is 14.8 Å². The number of methoxy groups -OCH3 is 2. The number of carbonyl (C=O) groups excluding carboxylic acids is 1. The molecule has 0 fully saturated rings. The van der Waals surface area contributed by atoms with Gasteiger partial charge in [-0.25, -0.2) is 12.8 Å². The Morgan fingerprint density at radius 2 is 1.79 bits per heavy atom. The molecule has 10 heteroatoms. The molecule has 3 rings (SSSR count). The van der Waals surface area contributed by atoms with Crippen LogP contribution in [0.3, 0.4) is 0 Å². The number of thiophene rings is 1. The number of halogens is 1. The van der Waals surface area contributed by atoms with E-state index in [1.54, 1.807) is 23.6 Å². The first kappa shape index (κ1) is 24.5. The molecule has 1 heterocycles. The Balaban J connectivity index is 1.87. The van der Waals surface area contributed by atoms with Crippen molar-refractivity contribution in [1.29, 1.82) is 0 Å². The maximum Gasteiger partial charge on any atom is 0.274 e. The zero-order chi connectivity index (χ0) is 24.0. The maximum atomic E-state index is 13.4. The predicted octanol–water partition coefficient (Wildman–Crippen LogP) is 4.37. The van der Waals surface area contributed by atoms with Crippen molar-refractivity contribution >= 4 is 33.0 Å². The summed E-state index contributed by atoms with van der Waals surface area (Å²) in [6.45, 7) is 1.44. The van der Waals surface area contributed by atoms with E-state index in [-0.39, 0.29) is 15.9 Å². The van der Waals surface area contributed by atoms with Crippen LogP contribution in [-0.4, -0.2) is 35.1 Å². The van der Waals surface area contributed by atoms with E-state index in [9.17, 15) is 17.6 Å². The third-order valence-electron chi connectivity index (χ3n) is 4.99. The Morgan fingerprint density at radius 3 is 2.36 bits per heavy atom. The molecule has 1 N–H and O–H groups in total. The van der Waals surface area contributed by atoms with Gasteiger partial charge in [0.1, 0.15) is 16.6 Å². The van der Waals surface area contributed by atoms with Gasteiger partial charge in [0.2, 0.25) is 5.91 Å². The predicted molar refractivity (Wildman–Crippen MR) is 126 cm³/mol. The summed E-state index contributed by atoms with van der Waals surface area (Å²) in [6.07, 6.45) is 0.565. The minimum absolute atomic E-state index is 0.0894. The van der Waals surface area contributed by atoms with Crippen LogP contribution in [0.2, 0.25) is 0 Å². The molecule has 2 aromatic carbocycles. The minimum atomic E-state index is -4.01. The molecule has 0 aliphatic rings. The number of benzene rings is 2. The molecule has 7 nitrogen and oxygen atoms in total. The molecule has 0 aliphatic heterocycles. The molecule has 0 saturated heterocycles. The molecule has 0 aliphatic carbocycles. The molecule has 1 amide bonds. The zero-order valence-electron chi connectivity index (χ0n) is 18.4. The zero-order valence-corrected chi connectivity index (χ0v) is 20.1. The van der Waals surface area contributed by atoms with E-state index in [0.29, 0.717) is 17.9 Å². The van der Waals surface area contributed by atoms with Crippen molar-refractivity contribution in [2.24, 2.45) is 0 Å². The maximum absolute atomic E-state index is 13.4. The van der Waals surface area contributed by atoms with E-state index in [2.05, 4.69) is 5.32 Å². The molecule has 0 bridgehead atoms. The van der Waals surface area contributed by atoms with Crippen LogP contribution in [0.25, 0.3) is 0 Å². The first-order valence-electron chi connectivity index (χ1n) is 10.1. The highest BCUT2D eigenvalue weighted by molar-refractivity contribution is 7.94. The van der Waals surface area contributed by atoms with E-state index >= 15 is 0 Å². The summed E-state index contributed by atoms with van der Waals surface area (Å²) < 4.78 is 51.6. The SMILES string of the molecule is CCC(NC(=O)CN(c1ccc(F)cc1)S(=O)(=O)c1cccs1)c1ccc(OC)c(OC)c1. The van der Waals surface area contributed by atoms with E-state index in [0.717, 1.165) is 33.3 Å². The Hall–Kier alpha value is -3.11. The van der Waals surface area contributed by atoms with Gasteiger partial charge in [-0.05, 0) is 59.8 Å². The fraction of sp³-hybridized carbons (Fsp3) is 0.261. The highest BCUT2D eigenvalue weighted by Gasteiger charge is 2.29. The summed E-state index contributed by atoms with van der Waals surface area (Å²) in [7, 11) is -0.952. The van der Waals surface area contributed by atoms with Crippen LogP contribution in [0.1, 0.15) is 24.9 Å². The van der Waals surface area contributed by atoms with Gasteiger partial charge in [-0.1, -0.05) is 19.1 Å². The summed E-state index contributed by atoms with van der Waals surface area (Å²) in [5.74, 6) is 0.0835. The summed E-state index contributed by atoms with van der Waals surface area (Å²) in [4.78, 5) is 13.0. The average Bonchev–Trinajstić information content (AvgIpc) is 3.37. The summed E-state index contributed by atoms with van der Waals surface area (Å²) >= 11 is 1.04. The number of rotatable bonds is 10. The van der Waals surface area contributed by atoms with Crippen LogP contribution in [0, 0.1) is 5.82 Å². The van der Waals surface area contributed by atoms with Gasteiger partial charge < -0.3 is 14.8 Å². The second-order valence-electron chi connectivity index (χ2n) is 7.06. The monoisotopic (exact) mass is 492 g/mol. The van der Waals surface area contributed by atoms with Crippen molar-refractivity contribution in [2.45, 2.75) is 23.6 Å². The van der Waals surface area contributed by atoms with Crippen molar-refractivity contribution in [2.75, 3.05) is 25.1 Å². The fourth-order valence-corrected chi connectivity index (χ4v) is 5.83. The molecule has 33 heavy (non-hydrogen) atoms. The molecular formula is C23H25FN2O5S2. The molecule has 3 aromatic rings. The quantitative estimate of drug-likeness (QED) is 0.454. The third kappa shape index (κ3) is 5.63. The number of hydrogen-bond donors (Lipinski definition) is 1. The van der Waals surface area contributed by atoms with Gasteiger partial charge in [0.05, 0.1) is 25.9 Å². The molecular weight excluding hydrogens is 467 g/mol. The molecule has 1 unspecified atom stereocenters. The number of hydrogen-bond acceptors (Lipinski definition) is 6. The van der Waals surface area contributed by atoms with Gasteiger partial charge in [-0.2, -0.15) is 0 Å². The van der Waals surface area contributed by atoms with Crippen molar-refractivity contribution in [3.63, 3.8) is 0 Å². The minimum Gasteiger partial charge on any atom is -0.493 e. The Morgan fingerprint density at radius 1 is 1.09 bits per heavy atom. The average molecular weight is 493 g/mol. The van der Waals surface area contributed by atoms with Crippen molar-refractivity contribution in [3.8, 4) is 11.5 Å². The Kier molecular flexibility index (Phi) is 7.93. The molecule has 0 saturated carbocycles. The largest absolute Gasteiger partial charge is 0.493 e. The third-order valence-corrected chi connectivity index (χ3v) is 8.14. The number of anilines is 1. The first-order valence-corrected chi connectivity index (χ1v) is 12.4. The van der Waals surface area contributed by atoms with Gasteiger partial charge in [0.15, 0.2) is 11.5 Å². The van der Waals surface area contributed by atoms with Crippen LogP contribution in [0.5, 0.6) is 11.5 Å². The number of ether oxygens (including phenoxy) is 2. The standard InChI is InChI=1S/C23H25FN2O5S2/c1-4-19(16-7-12-20(30-2)21(14-16)31-3)25-22(27)15-26(18-10-8-17(24)9-11-18)33(28,29)23-6-5-13-32-23/h5-14,19H,4,15H2,1-3H3,(H,25,27).